The van der Waals surface area contributed by atoms with Crippen molar-refractivity contribution >= 4 is 28.5 Å². The highest BCUT2D eigenvalue weighted by molar-refractivity contribution is 5.84. The molecule has 136 valence electrons. The summed E-state index contributed by atoms with van der Waals surface area (Å²) in [4.78, 5) is 17.1. The molecule has 27 heavy (non-hydrogen) atoms. The number of nitrogens with two attached hydrogens (primary N) is 1. The van der Waals surface area contributed by atoms with Crippen LogP contribution in [0.3, 0.4) is 0 Å². The first-order valence-corrected chi connectivity index (χ1v) is 8.68. The SMILES string of the molecule is CCn1ncc2cc(-c3cc(=O)n4ncc(=C(N)C(C)C=N)c4n3)ccc21. The fourth-order valence-corrected chi connectivity index (χ4v) is 3.12. The van der Waals surface area contributed by atoms with Crippen LogP contribution >= 0.6 is 0 Å². The van der Waals surface area contributed by atoms with E-state index in [0.29, 0.717) is 22.3 Å². The molecule has 4 aromatic rings. The van der Waals surface area contributed by atoms with E-state index in [1.807, 2.05) is 36.7 Å². The molecule has 3 heterocycles. The highest BCUT2D eigenvalue weighted by Crippen LogP contribution is 2.22. The summed E-state index contributed by atoms with van der Waals surface area (Å²) < 4.78 is 3.15. The van der Waals surface area contributed by atoms with E-state index in [1.54, 1.807) is 6.20 Å². The van der Waals surface area contributed by atoms with Gasteiger partial charge >= 0.3 is 0 Å². The lowest BCUT2D eigenvalue weighted by atomic mass is 10.1. The summed E-state index contributed by atoms with van der Waals surface area (Å²) in [5.74, 6) is -0.269. The van der Waals surface area contributed by atoms with Crippen molar-refractivity contribution in [3.63, 3.8) is 0 Å². The van der Waals surface area contributed by atoms with Crippen molar-refractivity contribution in [1.82, 2.24) is 24.4 Å². The maximum atomic E-state index is 12.5. The van der Waals surface area contributed by atoms with E-state index in [9.17, 15) is 4.79 Å². The Morgan fingerprint density at radius 3 is 2.85 bits per heavy atom. The average Bonchev–Trinajstić information content (AvgIpc) is 3.30. The van der Waals surface area contributed by atoms with E-state index in [2.05, 4.69) is 15.2 Å². The van der Waals surface area contributed by atoms with Gasteiger partial charge in [0.1, 0.15) is 0 Å². The molecule has 0 spiro atoms. The standard InChI is InChI=1S/C19H19N7O/c1-3-25-16-5-4-12(6-13(16)9-22-25)15-7-17(27)26-19(24-15)14(10-23-26)18(21)11(2)8-20/h4-11,20H,3,21H2,1-2H3. The normalized spacial score (nSPS) is 13.9. The number of aryl methyl sites for hydroxylation is 1. The average molecular weight is 361 g/mol. The van der Waals surface area contributed by atoms with E-state index in [1.165, 1.54) is 23.0 Å². The fourth-order valence-electron chi connectivity index (χ4n) is 3.12. The maximum absolute atomic E-state index is 12.5. The van der Waals surface area contributed by atoms with Crippen LogP contribution in [0, 0.1) is 11.3 Å². The molecule has 0 bridgehead atoms. The van der Waals surface area contributed by atoms with Crippen LogP contribution < -0.4 is 16.5 Å². The van der Waals surface area contributed by atoms with Crippen molar-refractivity contribution in [2.24, 2.45) is 11.7 Å². The third kappa shape index (κ3) is 2.66. The van der Waals surface area contributed by atoms with E-state index in [4.69, 9.17) is 11.1 Å². The van der Waals surface area contributed by atoms with E-state index >= 15 is 0 Å². The van der Waals surface area contributed by atoms with Crippen LogP contribution in [0.15, 0.2) is 41.5 Å². The molecule has 0 aliphatic heterocycles. The van der Waals surface area contributed by atoms with Gasteiger partial charge in [-0.25, -0.2) is 4.98 Å². The van der Waals surface area contributed by atoms with Crippen LogP contribution in [-0.2, 0) is 6.54 Å². The van der Waals surface area contributed by atoms with Crippen molar-refractivity contribution in [2.45, 2.75) is 20.4 Å². The van der Waals surface area contributed by atoms with E-state index in [0.717, 1.165) is 23.0 Å². The Labute approximate surface area is 154 Å². The number of aromatic nitrogens is 5. The number of nitrogens with zero attached hydrogens (tertiary/aromatic N) is 5. The quantitative estimate of drug-likeness (QED) is 0.530. The lowest BCUT2D eigenvalue weighted by Gasteiger charge is -2.05. The van der Waals surface area contributed by atoms with Crippen LogP contribution in [0.4, 0.5) is 0 Å². The molecule has 4 rings (SSSR count). The molecule has 0 aliphatic carbocycles. The monoisotopic (exact) mass is 361 g/mol. The summed E-state index contributed by atoms with van der Waals surface area (Å²) in [6, 6.07) is 7.34. The molecule has 8 nitrogen and oxygen atoms in total. The van der Waals surface area contributed by atoms with Gasteiger partial charge in [-0.3, -0.25) is 9.48 Å². The predicted molar refractivity (Wildman–Crippen MR) is 104 cm³/mol. The summed E-state index contributed by atoms with van der Waals surface area (Å²) >= 11 is 0. The van der Waals surface area contributed by atoms with Crippen LogP contribution in [0.1, 0.15) is 13.8 Å². The Balaban J connectivity index is 1.95. The zero-order chi connectivity index (χ0) is 19.1. The minimum absolute atomic E-state index is 0.269. The van der Waals surface area contributed by atoms with Gasteiger partial charge in [-0.1, -0.05) is 13.0 Å². The number of benzene rings is 1. The van der Waals surface area contributed by atoms with Crippen LogP contribution in [0.2, 0.25) is 0 Å². The number of nitrogens with one attached hydrogen (secondary N) is 1. The first kappa shape index (κ1) is 16.9. The molecule has 8 heteroatoms. The van der Waals surface area contributed by atoms with Crippen molar-refractivity contribution in [1.29, 1.82) is 5.41 Å². The van der Waals surface area contributed by atoms with Gasteiger partial charge in [0.15, 0.2) is 5.65 Å². The summed E-state index contributed by atoms with van der Waals surface area (Å²) in [6.07, 6.45) is 4.58. The molecular formula is C19H19N7O. The zero-order valence-electron chi connectivity index (χ0n) is 15.0. The lowest BCUT2D eigenvalue weighted by Crippen LogP contribution is -2.22. The Morgan fingerprint density at radius 2 is 2.11 bits per heavy atom. The first-order valence-electron chi connectivity index (χ1n) is 8.68. The van der Waals surface area contributed by atoms with Gasteiger partial charge in [-0.15, -0.1) is 0 Å². The summed E-state index contributed by atoms with van der Waals surface area (Å²) in [7, 11) is 0. The third-order valence-corrected chi connectivity index (χ3v) is 4.73. The summed E-state index contributed by atoms with van der Waals surface area (Å²) in [6.45, 7) is 4.64. The Kier molecular flexibility index (Phi) is 3.95. The highest BCUT2D eigenvalue weighted by Gasteiger charge is 2.12. The van der Waals surface area contributed by atoms with Gasteiger partial charge in [0.2, 0.25) is 0 Å². The second-order valence-electron chi connectivity index (χ2n) is 6.42. The lowest BCUT2D eigenvalue weighted by molar-refractivity contribution is 0.684. The molecule has 0 fully saturated rings. The van der Waals surface area contributed by atoms with E-state index < -0.39 is 0 Å². The molecule has 3 N–H and O–H groups in total. The molecule has 0 aliphatic rings. The molecular weight excluding hydrogens is 342 g/mol. The molecule has 0 saturated heterocycles. The minimum atomic E-state index is -0.277. The topological polar surface area (TPSA) is 115 Å². The van der Waals surface area contributed by atoms with E-state index in [-0.39, 0.29) is 11.5 Å². The second kappa shape index (κ2) is 6.31. The number of hydrogen-bond donors (Lipinski definition) is 2. The van der Waals surface area contributed by atoms with Gasteiger partial charge in [0.05, 0.1) is 28.8 Å². The van der Waals surface area contributed by atoms with Crippen molar-refractivity contribution in [3.8, 4) is 11.3 Å². The van der Waals surface area contributed by atoms with Crippen LogP contribution in [0.5, 0.6) is 0 Å². The summed E-state index contributed by atoms with van der Waals surface area (Å²) in [5.41, 5.74) is 9.14. The molecule has 0 amide bonds. The van der Waals surface area contributed by atoms with Crippen molar-refractivity contribution in [2.75, 3.05) is 0 Å². The fraction of sp³-hybridized carbons (Fsp3) is 0.211. The van der Waals surface area contributed by atoms with Gasteiger partial charge in [-0.05, 0) is 19.1 Å². The van der Waals surface area contributed by atoms with Crippen LogP contribution in [-0.4, -0.2) is 30.6 Å². The van der Waals surface area contributed by atoms with Crippen molar-refractivity contribution in [3.05, 3.63) is 52.2 Å². The summed E-state index contributed by atoms with van der Waals surface area (Å²) in [5, 5.41) is 17.4. The molecule has 0 radical (unpaired) electrons. The first-order chi connectivity index (χ1) is 13.0. The molecule has 1 atom stereocenters. The molecule has 3 aromatic heterocycles. The molecule has 1 unspecified atom stereocenters. The largest absolute Gasteiger partial charge is 0.401 e. The zero-order valence-corrected chi connectivity index (χ0v) is 15.0. The minimum Gasteiger partial charge on any atom is -0.401 e. The number of fused-ring (bicyclic) bond motifs is 2. The van der Waals surface area contributed by atoms with Gasteiger partial charge in [0.25, 0.3) is 5.56 Å². The van der Waals surface area contributed by atoms with Gasteiger partial charge < -0.3 is 11.1 Å². The van der Waals surface area contributed by atoms with Gasteiger partial charge in [0, 0.05) is 41.4 Å². The number of rotatable bonds is 4. The second-order valence-corrected chi connectivity index (χ2v) is 6.42. The Bertz CT molecular complexity index is 1280. The maximum Gasteiger partial charge on any atom is 0.275 e. The predicted octanol–water partition coefficient (Wildman–Crippen LogP) is 1.20. The number of hydrogen-bond acceptors (Lipinski definition) is 6. The molecule has 1 aromatic carbocycles. The molecule has 0 saturated carbocycles. The van der Waals surface area contributed by atoms with Crippen LogP contribution in [0.25, 0.3) is 33.5 Å². The third-order valence-electron chi connectivity index (χ3n) is 4.73. The Morgan fingerprint density at radius 1 is 1.30 bits per heavy atom. The smallest absolute Gasteiger partial charge is 0.275 e. The van der Waals surface area contributed by atoms with Gasteiger partial charge in [-0.2, -0.15) is 14.7 Å². The highest BCUT2D eigenvalue weighted by atomic mass is 16.1. The van der Waals surface area contributed by atoms with Crippen molar-refractivity contribution < 1.29 is 0 Å². The Hall–Kier alpha value is -3.55.